The summed E-state index contributed by atoms with van der Waals surface area (Å²) in [5.74, 6) is -0.299. The maximum Gasteiger partial charge on any atom is 0.261 e. The average molecular weight is 362 g/mol. The maximum absolute atomic E-state index is 12.3. The van der Waals surface area contributed by atoms with Gasteiger partial charge in [-0.2, -0.15) is 0 Å². The van der Waals surface area contributed by atoms with E-state index in [0.717, 1.165) is 15.9 Å². The lowest BCUT2D eigenvalue weighted by Crippen LogP contribution is -2.35. The quantitative estimate of drug-likeness (QED) is 0.682. The van der Waals surface area contributed by atoms with Crippen molar-refractivity contribution in [1.29, 1.82) is 0 Å². The van der Waals surface area contributed by atoms with Gasteiger partial charge in [0.2, 0.25) is 5.91 Å². The van der Waals surface area contributed by atoms with Crippen molar-refractivity contribution in [1.82, 2.24) is 20.2 Å². The normalized spacial score (nSPS) is 14.5. The molecule has 2 N–H and O–H groups in total. The molecule has 7 heteroatoms. The molecule has 0 spiro atoms. The van der Waals surface area contributed by atoms with Crippen molar-refractivity contribution in [3.05, 3.63) is 65.5 Å². The van der Waals surface area contributed by atoms with Gasteiger partial charge >= 0.3 is 0 Å². The zero-order chi connectivity index (χ0) is 19.0. The van der Waals surface area contributed by atoms with Crippen LogP contribution in [0.4, 0.5) is 0 Å². The van der Waals surface area contributed by atoms with E-state index in [2.05, 4.69) is 15.3 Å². The fourth-order valence-corrected chi connectivity index (χ4v) is 3.22. The van der Waals surface area contributed by atoms with Crippen molar-refractivity contribution in [2.45, 2.75) is 19.4 Å². The van der Waals surface area contributed by atoms with Crippen molar-refractivity contribution in [3.63, 3.8) is 0 Å². The monoisotopic (exact) mass is 362 g/mol. The zero-order valence-electron chi connectivity index (χ0n) is 14.7. The van der Waals surface area contributed by atoms with Crippen LogP contribution >= 0.6 is 0 Å². The number of rotatable bonds is 5. The van der Waals surface area contributed by atoms with Gasteiger partial charge in [0, 0.05) is 13.0 Å². The largest absolute Gasteiger partial charge is 0.346 e. The van der Waals surface area contributed by atoms with E-state index in [1.807, 2.05) is 31.2 Å². The molecule has 1 unspecified atom stereocenters. The Bertz CT molecular complexity index is 988. The summed E-state index contributed by atoms with van der Waals surface area (Å²) in [6.07, 6.45) is 0.0377. The standard InChI is InChI=1S/C20H18N4O3/c1-12(18-22-15-8-4-5-9-16(15)23-18)21-17(25)10-11-24-19(26)13-6-2-3-7-14(13)20(24)27/h2-9,12H,10-11H2,1H3,(H,21,25)(H,22,23). The molecular weight excluding hydrogens is 344 g/mol. The van der Waals surface area contributed by atoms with E-state index in [1.165, 1.54) is 0 Å². The van der Waals surface area contributed by atoms with E-state index in [4.69, 9.17) is 0 Å². The third kappa shape index (κ3) is 3.08. The molecule has 3 aromatic rings. The van der Waals surface area contributed by atoms with Crippen LogP contribution in [0.3, 0.4) is 0 Å². The second kappa shape index (κ2) is 6.68. The number of nitrogens with zero attached hydrogens (tertiary/aromatic N) is 2. The molecule has 2 heterocycles. The number of hydrogen-bond acceptors (Lipinski definition) is 4. The smallest absolute Gasteiger partial charge is 0.261 e. The molecule has 0 aliphatic carbocycles. The van der Waals surface area contributed by atoms with E-state index >= 15 is 0 Å². The summed E-state index contributed by atoms with van der Waals surface area (Å²) < 4.78 is 0. The number of amides is 3. The molecule has 1 aliphatic heterocycles. The van der Waals surface area contributed by atoms with Crippen LogP contribution in [0.25, 0.3) is 11.0 Å². The maximum atomic E-state index is 12.3. The number of carbonyl (C=O) groups excluding carboxylic acids is 3. The van der Waals surface area contributed by atoms with Gasteiger partial charge in [-0.15, -0.1) is 0 Å². The van der Waals surface area contributed by atoms with Gasteiger partial charge in [0.15, 0.2) is 0 Å². The molecule has 2 aromatic carbocycles. The minimum absolute atomic E-state index is 0.0377. The number of para-hydroxylation sites is 2. The predicted octanol–water partition coefficient (Wildman–Crippen LogP) is 2.43. The van der Waals surface area contributed by atoms with Crippen LogP contribution in [-0.2, 0) is 4.79 Å². The molecule has 1 aromatic heterocycles. The third-order valence-electron chi connectivity index (χ3n) is 4.64. The number of aromatic nitrogens is 2. The second-order valence-electron chi connectivity index (χ2n) is 6.49. The van der Waals surface area contributed by atoms with Crippen molar-refractivity contribution >= 4 is 28.8 Å². The lowest BCUT2D eigenvalue weighted by Gasteiger charge is -2.15. The van der Waals surface area contributed by atoms with Crippen molar-refractivity contribution in [2.24, 2.45) is 0 Å². The summed E-state index contributed by atoms with van der Waals surface area (Å²) in [6, 6.07) is 14.0. The van der Waals surface area contributed by atoms with E-state index in [9.17, 15) is 14.4 Å². The number of fused-ring (bicyclic) bond motifs is 2. The van der Waals surface area contributed by atoms with Crippen molar-refractivity contribution in [2.75, 3.05) is 6.54 Å². The first-order valence-corrected chi connectivity index (χ1v) is 8.74. The van der Waals surface area contributed by atoms with Crippen LogP contribution in [0.15, 0.2) is 48.5 Å². The number of carbonyl (C=O) groups is 3. The van der Waals surface area contributed by atoms with Crippen LogP contribution < -0.4 is 5.32 Å². The minimum atomic E-state index is -0.353. The lowest BCUT2D eigenvalue weighted by molar-refractivity contribution is -0.121. The first kappa shape index (κ1) is 17.0. The predicted molar refractivity (Wildman–Crippen MR) is 99.1 cm³/mol. The molecule has 4 rings (SSSR count). The molecular formula is C20H18N4O3. The van der Waals surface area contributed by atoms with Gasteiger partial charge in [-0.1, -0.05) is 24.3 Å². The highest BCUT2D eigenvalue weighted by atomic mass is 16.2. The van der Waals surface area contributed by atoms with Gasteiger partial charge in [0.05, 0.1) is 28.2 Å². The van der Waals surface area contributed by atoms with Crippen LogP contribution in [0.1, 0.15) is 45.9 Å². The summed E-state index contributed by atoms with van der Waals surface area (Å²) >= 11 is 0. The molecule has 0 bridgehead atoms. The zero-order valence-corrected chi connectivity index (χ0v) is 14.7. The SMILES string of the molecule is CC(NC(=O)CCN1C(=O)c2ccccc2C1=O)c1nc2ccccc2[nH]1. The summed E-state index contributed by atoms with van der Waals surface area (Å²) in [4.78, 5) is 45.7. The summed E-state index contributed by atoms with van der Waals surface area (Å²) in [5, 5.41) is 2.85. The number of nitrogens with one attached hydrogen (secondary N) is 2. The molecule has 0 radical (unpaired) electrons. The van der Waals surface area contributed by atoms with E-state index in [-0.39, 0.29) is 36.7 Å². The topological polar surface area (TPSA) is 95.2 Å². The van der Waals surface area contributed by atoms with Crippen molar-refractivity contribution < 1.29 is 14.4 Å². The summed E-state index contributed by atoms with van der Waals surface area (Å²) in [5.41, 5.74) is 2.51. The highest BCUT2D eigenvalue weighted by Crippen LogP contribution is 2.22. The molecule has 27 heavy (non-hydrogen) atoms. The van der Waals surface area contributed by atoms with Crippen molar-refractivity contribution in [3.8, 4) is 0 Å². The van der Waals surface area contributed by atoms with Crippen LogP contribution in [0.5, 0.6) is 0 Å². The summed E-state index contributed by atoms with van der Waals surface area (Å²) in [7, 11) is 0. The van der Waals surface area contributed by atoms with Crippen LogP contribution in [0, 0.1) is 0 Å². The van der Waals surface area contributed by atoms with Crippen LogP contribution in [-0.4, -0.2) is 39.1 Å². The Labute approximate surface area is 155 Å². The summed E-state index contributed by atoms with van der Waals surface area (Å²) in [6.45, 7) is 1.88. The van der Waals surface area contributed by atoms with Gasteiger partial charge in [-0.25, -0.2) is 4.98 Å². The minimum Gasteiger partial charge on any atom is -0.346 e. The van der Waals surface area contributed by atoms with E-state index < -0.39 is 0 Å². The van der Waals surface area contributed by atoms with E-state index in [1.54, 1.807) is 24.3 Å². The third-order valence-corrected chi connectivity index (χ3v) is 4.64. The molecule has 136 valence electrons. The number of hydrogen-bond donors (Lipinski definition) is 2. The highest BCUT2D eigenvalue weighted by Gasteiger charge is 2.35. The first-order valence-electron chi connectivity index (χ1n) is 8.74. The molecule has 1 atom stereocenters. The average Bonchev–Trinajstić information content (AvgIpc) is 3.21. The molecule has 0 fully saturated rings. The Hall–Kier alpha value is -3.48. The Morgan fingerprint density at radius 1 is 1.07 bits per heavy atom. The fraction of sp³-hybridized carbons (Fsp3) is 0.200. The number of aromatic amines is 1. The Balaban J connectivity index is 1.37. The lowest BCUT2D eigenvalue weighted by atomic mass is 10.1. The van der Waals surface area contributed by atoms with Gasteiger partial charge in [-0.3, -0.25) is 19.3 Å². The number of imide groups is 1. The molecule has 0 saturated heterocycles. The Morgan fingerprint density at radius 3 is 2.37 bits per heavy atom. The molecule has 3 amide bonds. The molecule has 0 saturated carbocycles. The van der Waals surface area contributed by atoms with Gasteiger partial charge in [0.1, 0.15) is 5.82 Å². The fourth-order valence-electron chi connectivity index (χ4n) is 3.22. The first-order chi connectivity index (χ1) is 13.0. The Kier molecular flexibility index (Phi) is 4.19. The molecule has 7 nitrogen and oxygen atoms in total. The molecule has 1 aliphatic rings. The van der Waals surface area contributed by atoms with Gasteiger partial charge < -0.3 is 10.3 Å². The number of benzene rings is 2. The number of imidazole rings is 1. The highest BCUT2D eigenvalue weighted by molar-refractivity contribution is 6.21. The van der Waals surface area contributed by atoms with Gasteiger partial charge in [-0.05, 0) is 31.2 Å². The number of H-pyrrole nitrogens is 1. The van der Waals surface area contributed by atoms with E-state index in [0.29, 0.717) is 17.0 Å². The Morgan fingerprint density at radius 2 is 1.70 bits per heavy atom. The van der Waals surface area contributed by atoms with Crippen LogP contribution in [0.2, 0.25) is 0 Å². The second-order valence-corrected chi connectivity index (χ2v) is 6.49. The van der Waals surface area contributed by atoms with Gasteiger partial charge in [0.25, 0.3) is 11.8 Å².